The standard InChI is InChI=1S/C11H14ClNO5S2/c1-8(7-19(2,15)16)13-11(14)9-4-3-5-10(6-9)20(12,17)18/h3-6,8H,7H2,1-2H3,(H,13,14). The molecule has 0 radical (unpaired) electrons. The predicted molar refractivity (Wildman–Crippen MR) is 76.1 cm³/mol. The van der Waals surface area contributed by atoms with Crippen LogP contribution in [0.5, 0.6) is 0 Å². The second kappa shape index (κ2) is 6.11. The Balaban J connectivity index is 2.89. The minimum atomic E-state index is -3.92. The van der Waals surface area contributed by atoms with Gasteiger partial charge in [-0.3, -0.25) is 4.79 Å². The molecule has 1 unspecified atom stereocenters. The summed E-state index contributed by atoms with van der Waals surface area (Å²) in [4.78, 5) is 11.7. The van der Waals surface area contributed by atoms with Gasteiger partial charge in [0.05, 0.1) is 10.6 Å². The molecule has 9 heteroatoms. The van der Waals surface area contributed by atoms with E-state index in [4.69, 9.17) is 10.7 Å². The number of carbonyl (C=O) groups excluding carboxylic acids is 1. The zero-order chi connectivity index (χ0) is 15.6. The molecule has 1 rings (SSSR count). The Kier molecular flexibility index (Phi) is 5.17. The van der Waals surface area contributed by atoms with Gasteiger partial charge in [-0.25, -0.2) is 16.8 Å². The van der Waals surface area contributed by atoms with Crippen LogP contribution in [-0.4, -0.2) is 40.8 Å². The first-order chi connectivity index (χ1) is 8.99. The summed E-state index contributed by atoms with van der Waals surface area (Å²) in [7, 11) is -1.94. The summed E-state index contributed by atoms with van der Waals surface area (Å²) in [6.45, 7) is 1.54. The highest BCUT2D eigenvalue weighted by atomic mass is 35.7. The maximum atomic E-state index is 11.9. The quantitative estimate of drug-likeness (QED) is 0.799. The van der Waals surface area contributed by atoms with Crippen LogP contribution >= 0.6 is 10.7 Å². The summed E-state index contributed by atoms with van der Waals surface area (Å²) < 4.78 is 44.5. The number of hydrogen-bond donors (Lipinski definition) is 1. The summed E-state index contributed by atoms with van der Waals surface area (Å²) in [5.41, 5.74) is 0.0899. The molecule has 1 amide bonds. The third-order valence-electron chi connectivity index (χ3n) is 2.31. The molecule has 1 aromatic carbocycles. The van der Waals surface area contributed by atoms with Crippen molar-refractivity contribution in [2.75, 3.05) is 12.0 Å². The first kappa shape index (κ1) is 16.9. The lowest BCUT2D eigenvalue weighted by Gasteiger charge is -2.13. The van der Waals surface area contributed by atoms with Crippen LogP contribution in [0.15, 0.2) is 29.2 Å². The molecule has 1 N–H and O–H groups in total. The summed E-state index contributed by atoms with van der Waals surface area (Å²) in [5.74, 6) is -0.769. The molecule has 0 bridgehead atoms. The number of sulfone groups is 1. The summed E-state index contributed by atoms with van der Waals surface area (Å²) in [6, 6.07) is 4.59. The van der Waals surface area contributed by atoms with E-state index in [1.54, 1.807) is 6.92 Å². The van der Waals surface area contributed by atoms with Gasteiger partial charge < -0.3 is 5.32 Å². The van der Waals surface area contributed by atoms with Crippen molar-refractivity contribution < 1.29 is 21.6 Å². The first-order valence-corrected chi connectivity index (χ1v) is 9.89. The van der Waals surface area contributed by atoms with Crippen LogP contribution in [0.25, 0.3) is 0 Å². The average Bonchev–Trinajstić information content (AvgIpc) is 2.25. The lowest BCUT2D eigenvalue weighted by molar-refractivity contribution is 0.0943. The minimum absolute atomic E-state index is 0.0899. The van der Waals surface area contributed by atoms with Crippen molar-refractivity contribution in [3.63, 3.8) is 0 Å². The molecule has 20 heavy (non-hydrogen) atoms. The van der Waals surface area contributed by atoms with Gasteiger partial charge in [-0.05, 0) is 25.1 Å². The number of halogens is 1. The van der Waals surface area contributed by atoms with E-state index in [0.29, 0.717) is 0 Å². The molecular weight excluding hydrogens is 326 g/mol. The lowest BCUT2D eigenvalue weighted by atomic mass is 10.2. The molecule has 6 nitrogen and oxygen atoms in total. The Morgan fingerprint density at radius 3 is 2.40 bits per heavy atom. The van der Waals surface area contributed by atoms with E-state index in [-0.39, 0.29) is 16.2 Å². The molecule has 112 valence electrons. The predicted octanol–water partition coefficient (Wildman–Crippen LogP) is 0.777. The van der Waals surface area contributed by atoms with Gasteiger partial charge in [0, 0.05) is 28.5 Å². The largest absolute Gasteiger partial charge is 0.349 e. The van der Waals surface area contributed by atoms with E-state index in [0.717, 1.165) is 12.3 Å². The number of nitrogens with one attached hydrogen (secondary N) is 1. The van der Waals surface area contributed by atoms with Crippen molar-refractivity contribution in [1.82, 2.24) is 5.32 Å². The number of benzene rings is 1. The van der Waals surface area contributed by atoms with Gasteiger partial charge in [0.25, 0.3) is 15.0 Å². The fourth-order valence-electron chi connectivity index (χ4n) is 1.59. The van der Waals surface area contributed by atoms with Crippen molar-refractivity contribution in [2.45, 2.75) is 17.9 Å². The molecule has 0 aliphatic rings. The normalized spacial score (nSPS) is 13.8. The fourth-order valence-corrected chi connectivity index (χ4v) is 3.38. The van der Waals surface area contributed by atoms with Gasteiger partial charge in [0.1, 0.15) is 9.84 Å². The van der Waals surface area contributed by atoms with E-state index in [1.165, 1.54) is 18.2 Å². The number of rotatable bonds is 5. The summed E-state index contributed by atoms with van der Waals surface area (Å²) >= 11 is 0. The van der Waals surface area contributed by atoms with Crippen molar-refractivity contribution in [3.05, 3.63) is 29.8 Å². The minimum Gasteiger partial charge on any atom is -0.349 e. The Labute approximate surface area is 122 Å². The summed E-state index contributed by atoms with van der Waals surface area (Å²) in [5, 5.41) is 2.48. The maximum absolute atomic E-state index is 11.9. The van der Waals surface area contributed by atoms with Crippen molar-refractivity contribution in [3.8, 4) is 0 Å². The molecule has 0 saturated carbocycles. The van der Waals surface area contributed by atoms with Gasteiger partial charge in [0.2, 0.25) is 0 Å². The van der Waals surface area contributed by atoms with Crippen LogP contribution in [0.3, 0.4) is 0 Å². The van der Waals surface area contributed by atoms with E-state index in [9.17, 15) is 21.6 Å². The number of hydrogen-bond acceptors (Lipinski definition) is 5. The molecule has 0 aromatic heterocycles. The second-order valence-electron chi connectivity index (χ2n) is 4.43. The highest BCUT2D eigenvalue weighted by Crippen LogP contribution is 2.16. The molecule has 1 aromatic rings. The zero-order valence-corrected chi connectivity index (χ0v) is 13.2. The van der Waals surface area contributed by atoms with E-state index >= 15 is 0 Å². The van der Waals surface area contributed by atoms with Crippen LogP contribution < -0.4 is 5.32 Å². The SMILES string of the molecule is CC(CS(C)(=O)=O)NC(=O)c1cccc(S(=O)(=O)Cl)c1. The number of carbonyl (C=O) groups is 1. The Morgan fingerprint density at radius 2 is 1.90 bits per heavy atom. The van der Waals surface area contributed by atoms with Gasteiger partial charge in [-0.1, -0.05) is 6.07 Å². The maximum Gasteiger partial charge on any atom is 0.261 e. The fraction of sp³-hybridized carbons (Fsp3) is 0.364. The topological polar surface area (TPSA) is 97.4 Å². The Morgan fingerprint density at radius 1 is 1.30 bits per heavy atom. The summed E-state index contributed by atoms with van der Waals surface area (Å²) in [6.07, 6.45) is 1.07. The van der Waals surface area contributed by atoms with E-state index < -0.39 is 30.8 Å². The van der Waals surface area contributed by atoms with E-state index in [2.05, 4.69) is 5.32 Å². The zero-order valence-electron chi connectivity index (χ0n) is 10.8. The molecular formula is C11H14ClNO5S2. The van der Waals surface area contributed by atoms with Gasteiger partial charge in [-0.15, -0.1) is 0 Å². The smallest absolute Gasteiger partial charge is 0.261 e. The lowest BCUT2D eigenvalue weighted by Crippen LogP contribution is -2.37. The number of amides is 1. The molecule has 0 aliphatic carbocycles. The average molecular weight is 340 g/mol. The van der Waals surface area contributed by atoms with Gasteiger partial charge in [-0.2, -0.15) is 0 Å². The highest BCUT2D eigenvalue weighted by Gasteiger charge is 2.16. The van der Waals surface area contributed by atoms with Crippen LogP contribution in [0.1, 0.15) is 17.3 Å². The molecule has 0 spiro atoms. The Hall–Kier alpha value is -1.12. The van der Waals surface area contributed by atoms with Crippen LogP contribution in [0, 0.1) is 0 Å². The van der Waals surface area contributed by atoms with E-state index in [1.807, 2.05) is 0 Å². The van der Waals surface area contributed by atoms with Crippen LogP contribution in [-0.2, 0) is 18.9 Å². The molecule has 1 atom stereocenters. The third-order valence-corrected chi connectivity index (χ3v) is 4.77. The molecule has 0 fully saturated rings. The molecule has 0 aliphatic heterocycles. The van der Waals surface area contributed by atoms with Crippen molar-refractivity contribution >= 4 is 35.5 Å². The molecule has 0 saturated heterocycles. The van der Waals surface area contributed by atoms with Crippen LogP contribution in [0.4, 0.5) is 0 Å². The monoisotopic (exact) mass is 339 g/mol. The van der Waals surface area contributed by atoms with Crippen LogP contribution in [0.2, 0.25) is 0 Å². The third kappa shape index (κ3) is 5.48. The van der Waals surface area contributed by atoms with Crippen molar-refractivity contribution in [1.29, 1.82) is 0 Å². The molecule has 0 heterocycles. The van der Waals surface area contributed by atoms with Gasteiger partial charge in [0.15, 0.2) is 0 Å². The second-order valence-corrected chi connectivity index (χ2v) is 9.18. The van der Waals surface area contributed by atoms with Gasteiger partial charge >= 0.3 is 0 Å². The Bertz CT molecular complexity index is 712. The highest BCUT2D eigenvalue weighted by molar-refractivity contribution is 8.13. The van der Waals surface area contributed by atoms with Crippen molar-refractivity contribution in [2.24, 2.45) is 0 Å². The first-order valence-electron chi connectivity index (χ1n) is 5.52.